The van der Waals surface area contributed by atoms with E-state index in [4.69, 9.17) is 5.73 Å². The molecule has 2 nitrogen and oxygen atoms in total. The fraction of sp³-hybridized carbons (Fsp3) is 0.727. The Balaban J connectivity index is 0.00000529. The fourth-order valence-electron chi connectivity index (χ4n) is 3.70. The largest absolute Gasteiger partial charge is 0.412 e. The van der Waals surface area contributed by atoms with Crippen LogP contribution in [0.5, 0.6) is 0 Å². The Labute approximate surface area is 150 Å². The Kier molecular flexibility index (Phi) is 13.0. The molecule has 0 heterocycles. The van der Waals surface area contributed by atoms with Gasteiger partial charge in [-0.2, -0.15) is 0 Å². The van der Waals surface area contributed by atoms with E-state index in [-0.39, 0.29) is 11.0 Å². The zero-order valence-electron chi connectivity index (χ0n) is 16.3. The predicted molar refractivity (Wildman–Crippen MR) is 108 cm³/mol. The van der Waals surface area contributed by atoms with Gasteiger partial charge in [-0.15, -0.1) is 0 Å². The van der Waals surface area contributed by atoms with E-state index < -0.39 is 0 Å². The molecule has 0 aromatic heterocycles. The molecule has 0 aliphatic heterocycles. The lowest BCUT2D eigenvalue weighted by Gasteiger charge is -2.37. The Hall–Kier alpha value is -0.860. The summed E-state index contributed by atoms with van der Waals surface area (Å²) in [6, 6.07) is 10.9. The Morgan fingerprint density at radius 1 is 0.792 bits per heavy atom. The highest BCUT2D eigenvalue weighted by atomic mass is 16.0. The topological polar surface area (TPSA) is 57.5 Å². The number of hydrogen-bond acceptors (Lipinski definition) is 1. The van der Waals surface area contributed by atoms with Gasteiger partial charge < -0.3 is 11.2 Å². The summed E-state index contributed by atoms with van der Waals surface area (Å²) in [5.74, 6) is 0.499. The predicted octanol–water partition coefficient (Wildman–Crippen LogP) is 5.99. The molecule has 1 unspecified atom stereocenters. The second kappa shape index (κ2) is 13.4. The van der Waals surface area contributed by atoms with Crippen molar-refractivity contribution < 1.29 is 5.48 Å². The number of unbranched alkanes of at least 4 members (excludes halogenated alkanes) is 7. The Morgan fingerprint density at radius 2 is 1.29 bits per heavy atom. The normalized spacial score (nSPS) is 12.7. The molecule has 1 aromatic rings. The summed E-state index contributed by atoms with van der Waals surface area (Å²) in [5.41, 5.74) is 8.15. The number of rotatable bonds is 13. The molecule has 140 valence electrons. The third-order valence-corrected chi connectivity index (χ3v) is 5.56. The van der Waals surface area contributed by atoms with Crippen LogP contribution in [0.25, 0.3) is 0 Å². The molecule has 24 heavy (non-hydrogen) atoms. The molecule has 0 fully saturated rings. The highest BCUT2D eigenvalue weighted by molar-refractivity contribution is 5.23. The van der Waals surface area contributed by atoms with Crippen molar-refractivity contribution in [1.29, 1.82) is 0 Å². The van der Waals surface area contributed by atoms with Crippen LogP contribution in [0.2, 0.25) is 0 Å². The highest BCUT2D eigenvalue weighted by Crippen LogP contribution is 2.36. The maximum Gasteiger partial charge on any atom is 0.0218 e. The molecular weight excluding hydrogens is 294 g/mol. The first-order chi connectivity index (χ1) is 11.2. The van der Waals surface area contributed by atoms with Gasteiger partial charge in [-0.3, -0.25) is 0 Å². The quantitative estimate of drug-likeness (QED) is 0.442. The molecule has 1 rings (SSSR count). The summed E-state index contributed by atoms with van der Waals surface area (Å²) in [6.07, 6.45) is 14.4. The molecule has 0 saturated carbocycles. The van der Waals surface area contributed by atoms with Crippen molar-refractivity contribution >= 4 is 0 Å². The van der Waals surface area contributed by atoms with Crippen LogP contribution in [0.15, 0.2) is 30.3 Å². The Bertz CT molecular complexity index is 386. The van der Waals surface area contributed by atoms with Gasteiger partial charge in [0, 0.05) is 11.5 Å². The maximum atomic E-state index is 6.77. The first-order valence-electron chi connectivity index (χ1n) is 10.0. The van der Waals surface area contributed by atoms with Crippen LogP contribution >= 0.6 is 0 Å². The van der Waals surface area contributed by atoms with Crippen LogP contribution in [0.1, 0.15) is 103 Å². The second-order valence-electron chi connectivity index (χ2n) is 7.17. The molecule has 2 heteroatoms. The highest BCUT2D eigenvalue weighted by Gasteiger charge is 2.32. The summed E-state index contributed by atoms with van der Waals surface area (Å²) < 4.78 is 0. The SMILES string of the molecule is CCCCCCCCCCC(c1ccccc1)C(N)(CC)CC.O. The average Bonchev–Trinajstić information content (AvgIpc) is 2.60. The summed E-state index contributed by atoms with van der Waals surface area (Å²) >= 11 is 0. The van der Waals surface area contributed by atoms with Crippen LogP contribution in [-0.2, 0) is 0 Å². The van der Waals surface area contributed by atoms with E-state index >= 15 is 0 Å². The molecule has 0 bridgehead atoms. The van der Waals surface area contributed by atoms with Crippen molar-refractivity contribution in [2.24, 2.45) is 5.73 Å². The third kappa shape index (κ3) is 7.81. The van der Waals surface area contributed by atoms with Gasteiger partial charge in [0.05, 0.1) is 0 Å². The second-order valence-corrected chi connectivity index (χ2v) is 7.17. The van der Waals surface area contributed by atoms with Gasteiger partial charge in [0.15, 0.2) is 0 Å². The van der Waals surface area contributed by atoms with E-state index in [0.717, 1.165) is 12.8 Å². The molecule has 4 N–H and O–H groups in total. The summed E-state index contributed by atoms with van der Waals surface area (Å²) in [4.78, 5) is 0. The van der Waals surface area contributed by atoms with Gasteiger partial charge in [-0.05, 0) is 24.8 Å². The molecule has 0 amide bonds. The van der Waals surface area contributed by atoms with E-state index in [1.807, 2.05) is 0 Å². The van der Waals surface area contributed by atoms with Crippen molar-refractivity contribution in [2.45, 2.75) is 103 Å². The number of nitrogens with two attached hydrogens (primary N) is 1. The molecule has 0 radical (unpaired) electrons. The van der Waals surface area contributed by atoms with Crippen LogP contribution in [0, 0.1) is 0 Å². The molecule has 1 atom stereocenters. The lowest BCUT2D eigenvalue weighted by Crippen LogP contribution is -2.44. The van der Waals surface area contributed by atoms with Crippen LogP contribution in [0.4, 0.5) is 0 Å². The molecule has 0 aliphatic carbocycles. The smallest absolute Gasteiger partial charge is 0.0218 e. The van der Waals surface area contributed by atoms with Crippen molar-refractivity contribution in [3.05, 3.63) is 35.9 Å². The van der Waals surface area contributed by atoms with E-state index in [1.165, 1.54) is 63.4 Å². The zero-order chi connectivity index (χ0) is 17.0. The summed E-state index contributed by atoms with van der Waals surface area (Å²) in [5, 5.41) is 0. The monoisotopic (exact) mass is 335 g/mol. The molecule has 0 saturated heterocycles. The number of benzene rings is 1. The van der Waals surface area contributed by atoms with Gasteiger partial charge in [0.2, 0.25) is 0 Å². The van der Waals surface area contributed by atoms with Gasteiger partial charge in [-0.1, -0.05) is 102 Å². The first kappa shape index (κ1) is 23.1. The van der Waals surface area contributed by atoms with E-state index in [2.05, 4.69) is 51.1 Å². The molecule has 0 aliphatic rings. The molecular formula is C22H41NO. The summed E-state index contributed by atoms with van der Waals surface area (Å²) in [6.45, 7) is 6.77. The van der Waals surface area contributed by atoms with Crippen molar-refractivity contribution in [2.75, 3.05) is 0 Å². The first-order valence-corrected chi connectivity index (χ1v) is 10.0. The van der Waals surface area contributed by atoms with E-state index in [9.17, 15) is 0 Å². The van der Waals surface area contributed by atoms with Gasteiger partial charge in [0.25, 0.3) is 0 Å². The van der Waals surface area contributed by atoms with Crippen LogP contribution in [-0.4, -0.2) is 11.0 Å². The minimum absolute atomic E-state index is 0. The lowest BCUT2D eigenvalue weighted by atomic mass is 9.73. The zero-order valence-corrected chi connectivity index (χ0v) is 16.3. The molecule has 1 aromatic carbocycles. The van der Waals surface area contributed by atoms with Crippen molar-refractivity contribution in [1.82, 2.24) is 0 Å². The van der Waals surface area contributed by atoms with Gasteiger partial charge >= 0.3 is 0 Å². The van der Waals surface area contributed by atoms with Crippen molar-refractivity contribution in [3.63, 3.8) is 0 Å². The Morgan fingerprint density at radius 3 is 1.79 bits per heavy atom. The fourth-order valence-corrected chi connectivity index (χ4v) is 3.70. The van der Waals surface area contributed by atoms with E-state index in [0.29, 0.717) is 5.92 Å². The van der Waals surface area contributed by atoms with Gasteiger partial charge in [-0.25, -0.2) is 0 Å². The maximum absolute atomic E-state index is 6.77. The van der Waals surface area contributed by atoms with Gasteiger partial charge in [0.1, 0.15) is 0 Å². The van der Waals surface area contributed by atoms with Crippen LogP contribution < -0.4 is 5.73 Å². The standard InChI is InChI=1S/C22H39N.H2O/c1-4-7-8-9-10-11-12-16-19-21(22(23,5-2)6-3)20-17-14-13-15-18-20;/h13-15,17-18,21H,4-12,16,19,23H2,1-3H3;1H2. The number of hydrogen-bond donors (Lipinski definition) is 1. The van der Waals surface area contributed by atoms with Crippen molar-refractivity contribution in [3.8, 4) is 0 Å². The minimum atomic E-state index is -0.0531. The van der Waals surface area contributed by atoms with E-state index in [1.54, 1.807) is 0 Å². The minimum Gasteiger partial charge on any atom is -0.412 e. The molecule has 0 spiro atoms. The third-order valence-electron chi connectivity index (χ3n) is 5.56. The summed E-state index contributed by atoms with van der Waals surface area (Å²) in [7, 11) is 0. The lowest BCUT2D eigenvalue weighted by molar-refractivity contribution is 0.300. The average molecular weight is 336 g/mol. The van der Waals surface area contributed by atoms with Crippen LogP contribution in [0.3, 0.4) is 0 Å².